The van der Waals surface area contributed by atoms with Gasteiger partial charge >= 0.3 is 0 Å². The van der Waals surface area contributed by atoms with Crippen LogP contribution in [0.4, 0.5) is 0 Å². The second-order valence-corrected chi connectivity index (χ2v) is 6.99. The van der Waals surface area contributed by atoms with Crippen molar-refractivity contribution in [3.8, 4) is 5.75 Å². The first-order valence-electron chi connectivity index (χ1n) is 9.76. The lowest BCUT2D eigenvalue weighted by Gasteiger charge is -2.23. The predicted molar refractivity (Wildman–Crippen MR) is 117 cm³/mol. The van der Waals surface area contributed by atoms with Crippen LogP contribution in [-0.4, -0.2) is 17.4 Å². The van der Waals surface area contributed by atoms with Crippen LogP contribution < -0.4 is 4.74 Å². The van der Waals surface area contributed by atoms with Gasteiger partial charge in [-0.15, -0.1) is 0 Å². The standard InChI is InChI=1S/C26H23NO2/c28-26(20-29-25-17-9-15-23-14-7-8-16-24(23)25)27(18-21-10-3-1-4-11-21)19-22-12-5-2-6-13-22/h1-17H,18-20H2. The highest BCUT2D eigenvalue weighted by Crippen LogP contribution is 2.25. The van der Waals surface area contributed by atoms with Gasteiger partial charge in [-0.3, -0.25) is 4.79 Å². The van der Waals surface area contributed by atoms with E-state index in [4.69, 9.17) is 4.74 Å². The summed E-state index contributed by atoms with van der Waals surface area (Å²) in [6.45, 7) is 1.11. The van der Waals surface area contributed by atoms with Gasteiger partial charge < -0.3 is 9.64 Å². The molecule has 0 bridgehead atoms. The third-order valence-electron chi connectivity index (χ3n) is 4.89. The fourth-order valence-electron chi connectivity index (χ4n) is 3.39. The first-order chi connectivity index (χ1) is 14.3. The van der Waals surface area contributed by atoms with Crippen LogP contribution >= 0.6 is 0 Å². The molecule has 0 spiro atoms. The zero-order chi connectivity index (χ0) is 19.9. The fraction of sp³-hybridized carbons (Fsp3) is 0.115. The summed E-state index contributed by atoms with van der Waals surface area (Å²) in [5.74, 6) is 0.696. The van der Waals surface area contributed by atoms with Crippen LogP contribution in [-0.2, 0) is 17.9 Å². The largest absolute Gasteiger partial charge is 0.483 e. The lowest BCUT2D eigenvalue weighted by molar-refractivity contribution is -0.134. The maximum atomic E-state index is 13.1. The van der Waals surface area contributed by atoms with Gasteiger partial charge in [0.15, 0.2) is 6.61 Å². The van der Waals surface area contributed by atoms with E-state index in [-0.39, 0.29) is 12.5 Å². The molecule has 0 N–H and O–H groups in total. The SMILES string of the molecule is O=C(COc1cccc2ccccc12)N(Cc1ccccc1)Cc1ccccc1. The van der Waals surface area contributed by atoms with Crippen LogP contribution in [0, 0.1) is 0 Å². The lowest BCUT2D eigenvalue weighted by Crippen LogP contribution is -2.34. The van der Waals surface area contributed by atoms with Gasteiger partial charge in [0.2, 0.25) is 0 Å². The van der Waals surface area contributed by atoms with E-state index in [1.54, 1.807) is 0 Å². The molecule has 0 saturated heterocycles. The number of nitrogens with zero attached hydrogens (tertiary/aromatic N) is 1. The third-order valence-corrected chi connectivity index (χ3v) is 4.89. The van der Waals surface area contributed by atoms with Crippen molar-refractivity contribution in [1.82, 2.24) is 4.90 Å². The van der Waals surface area contributed by atoms with Crippen LogP contribution in [0.5, 0.6) is 5.75 Å². The van der Waals surface area contributed by atoms with E-state index >= 15 is 0 Å². The van der Waals surface area contributed by atoms with Crippen LogP contribution in [0.15, 0.2) is 103 Å². The summed E-state index contributed by atoms with van der Waals surface area (Å²) in [4.78, 5) is 14.9. The maximum absolute atomic E-state index is 13.1. The molecule has 0 saturated carbocycles. The minimum Gasteiger partial charge on any atom is -0.483 e. The van der Waals surface area contributed by atoms with Crippen molar-refractivity contribution >= 4 is 16.7 Å². The minimum absolute atomic E-state index is 0.00761. The Bertz CT molecular complexity index is 1030. The summed E-state index contributed by atoms with van der Waals surface area (Å²) in [6, 6.07) is 34.0. The zero-order valence-electron chi connectivity index (χ0n) is 16.2. The van der Waals surface area contributed by atoms with Gasteiger partial charge in [0.1, 0.15) is 5.75 Å². The number of ether oxygens (including phenoxy) is 1. The van der Waals surface area contributed by atoms with E-state index in [1.807, 2.05) is 108 Å². The Labute approximate surface area is 171 Å². The summed E-state index contributed by atoms with van der Waals surface area (Å²) < 4.78 is 5.95. The zero-order valence-corrected chi connectivity index (χ0v) is 16.2. The highest BCUT2D eigenvalue weighted by atomic mass is 16.5. The molecule has 1 amide bonds. The number of carbonyl (C=O) groups is 1. The third kappa shape index (κ3) is 4.82. The predicted octanol–water partition coefficient (Wildman–Crippen LogP) is 5.45. The first kappa shape index (κ1) is 18.8. The molecule has 0 aliphatic rings. The van der Waals surface area contributed by atoms with Crippen LogP contribution in [0.3, 0.4) is 0 Å². The molecule has 3 nitrogen and oxygen atoms in total. The topological polar surface area (TPSA) is 29.5 Å². The molecule has 0 aromatic heterocycles. The molecule has 0 heterocycles. The summed E-state index contributed by atoms with van der Waals surface area (Å²) >= 11 is 0. The van der Waals surface area contributed by atoms with Crippen molar-refractivity contribution < 1.29 is 9.53 Å². The quantitative estimate of drug-likeness (QED) is 0.426. The number of benzene rings is 4. The Morgan fingerprint density at radius 3 is 1.86 bits per heavy atom. The summed E-state index contributed by atoms with van der Waals surface area (Å²) in [5, 5.41) is 2.11. The molecule has 0 atom stereocenters. The van der Waals surface area contributed by atoms with Crippen molar-refractivity contribution in [2.45, 2.75) is 13.1 Å². The highest BCUT2D eigenvalue weighted by Gasteiger charge is 2.16. The van der Waals surface area contributed by atoms with E-state index in [2.05, 4.69) is 0 Å². The molecule has 144 valence electrons. The number of hydrogen-bond acceptors (Lipinski definition) is 2. The van der Waals surface area contributed by atoms with E-state index in [9.17, 15) is 4.79 Å². The molecule has 0 radical (unpaired) electrons. The maximum Gasteiger partial charge on any atom is 0.261 e. The van der Waals surface area contributed by atoms with E-state index in [0.717, 1.165) is 27.6 Å². The number of hydrogen-bond donors (Lipinski definition) is 0. The molecule has 0 unspecified atom stereocenters. The Balaban J connectivity index is 1.51. The molecule has 0 aliphatic carbocycles. The molecule has 0 aliphatic heterocycles. The second kappa shape index (κ2) is 9.07. The minimum atomic E-state index is -0.0364. The fourth-order valence-corrected chi connectivity index (χ4v) is 3.39. The molecule has 3 heteroatoms. The van der Waals surface area contributed by atoms with Gasteiger partial charge in [-0.2, -0.15) is 0 Å². The Hall–Kier alpha value is -3.59. The molecule has 29 heavy (non-hydrogen) atoms. The van der Waals surface area contributed by atoms with Gasteiger partial charge in [0.05, 0.1) is 0 Å². The van der Waals surface area contributed by atoms with Gasteiger partial charge in [-0.1, -0.05) is 97.1 Å². The summed E-state index contributed by atoms with van der Waals surface area (Å²) in [5.41, 5.74) is 2.20. The summed E-state index contributed by atoms with van der Waals surface area (Å²) in [7, 11) is 0. The number of rotatable bonds is 7. The van der Waals surface area contributed by atoms with Gasteiger partial charge in [0, 0.05) is 18.5 Å². The Morgan fingerprint density at radius 2 is 1.21 bits per heavy atom. The first-order valence-corrected chi connectivity index (χ1v) is 9.76. The van der Waals surface area contributed by atoms with E-state index in [0.29, 0.717) is 13.1 Å². The Kier molecular flexibility index (Phi) is 5.87. The normalized spacial score (nSPS) is 10.6. The van der Waals surface area contributed by atoms with Crippen LogP contribution in [0.2, 0.25) is 0 Å². The van der Waals surface area contributed by atoms with E-state index in [1.165, 1.54) is 0 Å². The second-order valence-electron chi connectivity index (χ2n) is 6.99. The highest BCUT2D eigenvalue weighted by molar-refractivity contribution is 5.88. The van der Waals surface area contributed by atoms with E-state index < -0.39 is 0 Å². The number of amides is 1. The van der Waals surface area contributed by atoms with Gasteiger partial charge in [0.25, 0.3) is 5.91 Å². The lowest BCUT2D eigenvalue weighted by atomic mass is 10.1. The smallest absolute Gasteiger partial charge is 0.261 e. The molecule has 4 aromatic rings. The van der Waals surface area contributed by atoms with Crippen molar-refractivity contribution in [2.75, 3.05) is 6.61 Å². The van der Waals surface area contributed by atoms with Gasteiger partial charge in [-0.25, -0.2) is 0 Å². The van der Waals surface area contributed by atoms with Crippen molar-refractivity contribution in [1.29, 1.82) is 0 Å². The number of carbonyl (C=O) groups excluding carboxylic acids is 1. The average molecular weight is 381 g/mol. The van der Waals surface area contributed by atoms with Crippen molar-refractivity contribution in [3.05, 3.63) is 114 Å². The number of fused-ring (bicyclic) bond motifs is 1. The van der Waals surface area contributed by atoms with Crippen LogP contribution in [0.25, 0.3) is 10.8 Å². The molecule has 4 rings (SSSR count). The molecular weight excluding hydrogens is 358 g/mol. The van der Waals surface area contributed by atoms with Gasteiger partial charge in [-0.05, 0) is 22.6 Å². The monoisotopic (exact) mass is 381 g/mol. The van der Waals surface area contributed by atoms with Crippen LogP contribution in [0.1, 0.15) is 11.1 Å². The Morgan fingerprint density at radius 1 is 0.655 bits per heavy atom. The molecular formula is C26H23NO2. The molecule has 0 fully saturated rings. The van der Waals surface area contributed by atoms with Crippen molar-refractivity contribution in [3.63, 3.8) is 0 Å². The molecule has 4 aromatic carbocycles. The average Bonchev–Trinajstić information content (AvgIpc) is 2.78. The van der Waals surface area contributed by atoms with Crippen molar-refractivity contribution in [2.24, 2.45) is 0 Å². The summed E-state index contributed by atoms with van der Waals surface area (Å²) in [6.07, 6.45) is 0.